The van der Waals surface area contributed by atoms with Crippen LogP contribution in [0.4, 0.5) is 11.5 Å². The molecule has 0 spiro atoms. The number of thioether (sulfide) groups is 1. The largest absolute Gasteiger partial charge is 0.396 e. The summed E-state index contributed by atoms with van der Waals surface area (Å²) >= 11 is 1.72. The molecule has 0 amide bonds. The Labute approximate surface area is 82.9 Å². The average molecular weight is 197 g/mol. The van der Waals surface area contributed by atoms with Gasteiger partial charge in [0.15, 0.2) is 0 Å². The predicted octanol–water partition coefficient (Wildman–Crippen LogP) is 2.14. The number of nitrogens with two attached hydrogens (primary N) is 2. The fraction of sp³-hybridized carbons (Fsp3) is 0.444. The quantitative estimate of drug-likeness (QED) is 0.573. The Morgan fingerprint density at radius 1 is 1.38 bits per heavy atom. The maximum absolute atomic E-state index is 5.58. The van der Waals surface area contributed by atoms with E-state index in [1.807, 2.05) is 6.07 Å². The van der Waals surface area contributed by atoms with Crippen LogP contribution in [0.1, 0.15) is 19.8 Å². The van der Waals surface area contributed by atoms with E-state index in [9.17, 15) is 0 Å². The van der Waals surface area contributed by atoms with Gasteiger partial charge in [0.05, 0.1) is 10.7 Å². The highest BCUT2D eigenvalue weighted by Gasteiger charge is 1.98. The first-order chi connectivity index (χ1) is 6.24. The standard InChI is InChI=1S/C9H15N3S/c1-2-3-6-13-8-5-4-7(10)9(11)12-8/h4-5H,2-3,6,10H2,1H3,(H2,11,12). The zero-order chi connectivity index (χ0) is 9.68. The molecule has 1 heterocycles. The molecule has 13 heavy (non-hydrogen) atoms. The average Bonchev–Trinajstić information content (AvgIpc) is 2.12. The van der Waals surface area contributed by atoms with Crippen LogP contribution in [0.2, 0.25) is 0 Å². The van der Waals surface area contributed by atoms with Gasteiger partial charge in [-0.25, -0.2) is 4.98 Å². The minimum atomic E-state index is 0.432. The van der Waals surface area contributed by atoms with Crippen molar-refractivity contribution in [2.45, 2.75) is 24.8 Å². The molecule has 0 aromatic carbocycles. The number of hydrogen-bond acceptors (Lipinski definition) is 4. The molecule has 0 radical (unpaired) electrons. The fourth-order valence-corrected chi connectivity index (χ4v) is 1.84. The second-order valence-electron chi connectivity index (χ2n) is 2.83. The van der Waals surface area contributed by atoms with E-state index in [0.717, 1.165) is 10.8 Å². The molecule has 0 fully saturated rings. The second-order valence-corrected chi connectivity index (χ2v) is 3.94. The second kappa shape index (κ2) is 4.97. The van der Waals surface area contributed by atoms with Crippen LogP contribution in [0.15, 0.2) is 17.2 Å². The van der Waals surface area contributed by atoms with Crippen LogP contribution >= 0.6 is 11.8 Å². The lowest BCUT2D eigenvalue weighted by Gasteiger charge is -2.02. The molecular formula is C9H15N3S. The molecule has 0 aliphatic rings. The van der Waals surface area contributed by atoms with Gasteiger partial charge in [-0.15, -0.1) is 11.8 Å². The molecule has 1 rings (SSSR count). The third kappa shape index (κ3) is 3.14. The van der Waals surface area contributed by atoms with Crippen LogP contribution in [-0.4, -0.2) is 10.7 Å². The van der Waals surface area contributed by atoms with E-state index in [1.165, 1.54) is 12.8 Å². The molecule has 72 valence electrons. The fourth-order valence-electron chi connectivity index (χ4n) is 0.868. The first-order valence-corrected chi connectivity index (χ1v) is 5.37. The number of rotatable bonds is 4. The first kappa shape index (κ1) is 10.2. The Hall–Kier alpha value is -0.900. The molecule has 1 aromatic rings. The van der Waals surface area contributed by atoms with Crippen molar-refractivity contribution in [1.82, 2.24) is 4.98 Å². The summed E-state index contributed by atoms with van der Waals surface area (Å²) in [4.78, 5) is 4.16. The van der Waals surface area contributed by atoms with Crippen LogP contribution in [-0.2, 0) is 0 Å². The zero-order valence-electron chi connectivity index (χ0n) is 7.79. The van der Waals surface area contributed by atoms with Crippen molar-refractivity contribution >= 4 is 23.3 Å². The molecule has 3 nitrogen and oxygen atoms in total. The van der Waals surface area contributed by atoms with Crippen molar-refractivity contribution in [2.24, 2.45) is 0 Å². The Kier molecular flexibility index (Phi) is 3.89. The van der Waals surface area contributed by atoms with E-state index in [2.05, 4.69) is 11.9 Å². The van der Waals surface area contributed by atoms with Gasteiger partial charge in [-0.2, -0.15) is 0 Å². The van der Waals surface area contributed by atoms with Crippen molar-refractivity contribution in [1.29, 1.82) is 0 Å². The minimum Gasteiger partial charge on any atom is -0.396 e. The van der Waals surface area contributed by atoms with Gasteiger partial charge in [-0.05, 0) is 24.3 Å². The van der Waals surface area contributed by atoms with E-state index >= 15 is 0 Å². The van der Waals surface area contributed by atoms with Gasteiger partial charge in [0.2, 0.25) is 0 Å². The van der Waals surface area contributed by atoms with Crippen molar-refractivity contribution in [2.75, 3.05) is 17.2 Å². The summed E-state index contributed by atoms with van der Waals surface area (Å²) < 4.78 is 0. The van der Waals surface area contributed by atoms with Crippen LogP contribution in [0, 0.1) is 0 Å². The highest BCUT2D eigenvalue weighted by atomic mass is 32.2. The lowest BCUT2D eigenvalue weighted by Crippen LogP contribution is -1.98. The number of unbranched alkanes of at least 4 members (excludes halogenated alkanes) is 1. The number of aromatic nitrogens is 1. The maximum atomic E-state index is 5.58. The topological polar surface area (TPSA) is 64.9 Å². The summed E-state index contributed by atoms with van der Waals surface area (Å²) in [5.74, 6) is 1.52. The summed E-state index contributed by atoms with van der Waals surface area (Å²) in [6.45, 7) is 2.17. The highest BCUT2D eigenvalue weighted by molar-refractivity contribution is 7.99. The monoisotopic (exact) mass is 197 g/mol. The van der Waals surface area contributed by atoms with E-state index in [1.54, 1.807) is 17.8 Å². The molecule has 1 aromatic heterocycles. The first-order valence-electron chi connectivity index (χ1n) is 4.39. The Morgan fingerprint density at radius 2 is 2.15 bits per heavy atom. The van der Waals surface area contributed by atoms with Crippen LogP contribution in [0.3, 0.4) is 0 Å². The van der Waals surface area contributed by atoms with Crippen LogP contribution in [0.25, 0.3) is 0 Å². The summed E-state index contributed by atoms with van der Waals surface area (Å²) in [6, 6.07) is 3.71. The third-order valence-corrected chi connectivity index (χ3v) is 2.70. The Balaban J connectivity index is 2.53. The summed E-state index contributed by atoms with van der Waals surface area (Å²) in [5.41, 5.74) is 11.7. The van der Waals surface area contributed by atoms with Gasteiger partial charge in [-0.1, -0.05) is 13.3 Å². The summed E-state index contributed by atoms with van der Waals surface area (Å²) in [7, 11) is 0. The van der Waals surface area contributed by atoms with Gasteiger partial charge >= 0.3 is 0 Å². The van der Waals surface area contributed by atoms with Crippen molar-refractivity contribution < 1.29 is 0 Å². The van der Waals surface area contributed by atoms with Crippen molar-refractivity contribution in [3.8, 4) is 0 Å². The SMILES string of the molecule is CCCCSc1ccc(N)c(N)n1. The zero-order valence-corrected chi connectivity index (χ0v) is 8.60. The van der Waals surface area contributed by atoms with Gasteiger partial charge in [0, 0.05) is 0 Å². The number of nitrogens with zero attached hydrogens (tertiary/aromatic N) is 1. The summed E-state index contributed by atoms with van der Waals surface area (Å²) in [5, 5.41) is 0.958. The van der Waals surface area contributed by atoms with Gasteiger partial charge < -0.3 is 11.5 Å². The van der Waals surface area contributed by atoms with Crippen molar-refractivity contribution in [3.63, 3.8) is 0 Å². The highest BCUT2D eigenvalue weighted by Crippen LogP contribution is 2.21. The van der Waals surface area contributed by atoms with E-state index < -0.39 is 0 Å². The molecule has 0 atom stereocenters. The summed E-state index contributed by atoms with van der Waals surface area (Å²) in [6.07, 6.45) is 2.41. The van der Waals surface area contributed by atoms with Crippen molar-refractivity contribution in [3.05, 3.63) is 12.1 Å². The van der Waals surface area contributed by atoms with Gasteiger partial charge in [-0.3, -0.25) is 0 Å². The molecule has 0 saturated carbocycles. The number of nitrogen functional groups attached to an aromatic ring is 2. The molecule has 4 N–H and O–H groups in total. The molecular weight excluding hydrogens is 182 g/mol. The van der Waals surface area contributed by atoms with Gasteiger partial charge in [0.1, 0.15) is 5.82 Å². The number of pyridine rings is 1. The molecule has 4 heteroatoms. The Bertz CT molecular complexity index is 276. The van der Waals surface area contributed by atoms with Gasteiger partial charge in [0.25, 0.3) is 0 Å². The Morgan fingerprint density at radius 3 is 2.77 bits per heavy atom. The van der Waals surface area contributed by atoms with E-state index in [4.69, 9.17) is 11.5 Å². The smallest absolute Gasteiger partial charge is 0.147 e. The number of hydrogen-bond donors (Lipinski definition) is 2. The maximum Gasteiger partial charge on any atom is 0.147 e. The van der Waals surface area contributed by atoms with Crippen LogP contribution in [0.5, 0.6) is 0 Å². The molecule has 0 aliphatic heterocycles. The molecule has 0 saturated heterocycles. The lowest BCUT2D eigenvalue weighted by atomic mass is 10.4. The molecule has 0 unspecified atom stereocenters. The van der Waals surface area contributed by atoms with E-state index in [0.29, 0.717) is 11.5 Å². The predicted molar refractivity (Wildman–Crippen MR) is 58.7 cm³/mol. The van der Waals surface area contributed by atoms with E-state index in [-0.39, 0.29) is 0 Å². The molecule has 0 aliphatic carbocycles. The van der Waals surface area contributed by atoms with Crippen LogP contribution < -0.4 is 11.5 Å². The molecule has 0 bridgehead atoms. The lowest BCUT2D eigenvalue weighted by molar-refractivity contribution is 0.894. The normalized spacial score (nSPS) is 10.2. The number of anilines is 2. The minimum absolute atomic E-state index is 0.432. The third-order valence-electron chi connectivity index (χ3n) is 1.68.